The maximum atomic E-state index is 9.83. The molecule has 0 atom stereocenters. The molecule has 1 heterocycles. The number of halogens is 2. The molecule has 100 valence electrons. The molecule has 1 aliphatic heterocycles. The molecule has 1 aromatic rings. The van der Waals surface area contributed by atoms with Gasteiger partial charge in [0.05, 0.1) is 18.2 Å². The number of rotatable bonds is 4. The Morgan fingerprint density at radius 2 is 1.94 bits per heavy atom. The summed E-state index contributed by atoms with van der Waals surface area (Å²) in [5.74, 6) is 0.156. The topological polar surface area (TPSA) is 32.7 Å². The quantitative estimate of drug-likeness (QED) is 0.925. The summed E-state index contributed by atoms with van der Waals surface area (Å²) in [6.07, 6.45) is 1.76. The minimum Gasteiger partial charge on any atom is -0.506 e. The summed E-state index contributed by atoms with van der Waals surface area (Å²) in [5, 5.41) is 10.7. The lowest BCUT2D eigenvalue weighted by Gasteiger charge is -2.26. The average Bonchev–Trinajstić information content (AvgIpc) is 2.36. The molecule has 1 fully saturated rings. The number of nitrogens with zero attached hydrogens (tertiary/aromatic N) is 1. The first-order valence-corrected chi connectivity index (χ1v) is 6.89. The summed E-state index contributed by atoms with van der Waals surface area (Å²) in [6, 6.07) is 3.34. The van der Waals surface area contributed by atoms with Crippen molar-refractivity contribution >= 4 is 23.2 Å². The number of aryl methyl sites for hydroxylation is 1. The molecule has 1 aliphatic rings. The Kier molecular flexibility index (Phi) is 5.13. The van der Waals surface area contributed by atoms with Crippen molar-refractivity contribution in [3.63, 3.8) is 0 Å². The summed E-state index contributed by atoms with van der Waals surface area (Å²) in [6.45, 7) is 4.61. The van der Waals surface area contributed by atoms with E-state index in [2.05, 4.69) is 4.90 Å². The highest BCUT2D eigenvalue weighted by molar-refractivity contribution is 6.35. The van der Waals surface area contributed by atoms with Crippen LogP contribution in [0.3, 0.4) is 0 Å². The lowest BCUT2D eigenvalue weighted by atomic mass is 10.1. The summed E-state index contributed by atoms with van der Waals surface area (Å²) < 4.78 is 5.30. The molecule has 0 bridgehead atoms. The lowest BCUT2D eigenvalue weighted by Crippen LogP contribution is -2.36. The maximum absolute atomic E-state index is 9.83. The van der Waals surface area contributed by atoms with E-state index in [4.69, 9.17) is 27.9 Å². The highest BCUT2D eigenvalue weighted by Crippen LogP contribution is 2.31. The number of hydrogen-bond donors (Lipinski definition) is 1. The number of morpholine rings is 1. The van der Waals surface area contributed by atoms with E-state index in [1.165, 1.54) is 0 Å². The van der Waals surface area contributed by atoms with Gasteiger partial charge < -0.3 is 9.84 Å². The van der Waals surface area contributed by atoms with Crippen molar-refractivity contribution in [3.05, 3.63) is 27.7 Å². The Hall–Kier alpha value is -0.480. The van der Waals surface area contributed by atoms with Crippen molar-refractivity contribution in [2.24, 2.45) is 0 Å². The van der Waals surface area contributed by atoms with E-state index >= 15 is 0 Å². The minimum absolute atomic E-state index is 0.156. The van der Waals surface area contributed by atoms with Crippen LogP contribution >= 0.6 is 23.2 Å². The second-order valence-electron chi connectivity index (χ2n) is 4.45. The van der Waals surface area contributed by atoms with Crippen LogP contribution in [0.25, 0.3) is 0 Å². The lowest BCUT2D eigenvalue weighted by molar-refractivity contribution is 0.0374. The predicted molar refractivity (Wildman–Crippen MR) is 73.7 cm³/mol. The van der Waals surface area contributed by atoms with Gasteiger partial charge in [0.1, 0.15) is 5.75 Å². The van der Waals surface area contributed by atoms with E-state index in [1.807, 2.05) is 0 Å². The van der Waals surface area contributed by atoms with Crippen molar-refractivity contribution in [2.45, 2.75) is 12.8 Å². The van der Waals surface area contributed by atoms with Crippen LogP contribution < -0.4 is 0 Å². The van der Waals surface area contributed by atoms with E-state index in [0.29, 0.717) is 10.0 Å². The van der Waals surface area contributed by atoms with Crippen LogP contribution in [-0.4, -0.2) is 42.9 Å². The van der Waals surface area contributed by atoms with Crippen LogP contribution in [0.15, 0.2) is 12.1 Å². The molecule has 0 spiro atoms. The highest BCUT2D eigenvalue weighted by atomic mass is 35.5. The van der Waals surface area contributed by atoms with Gasteiger partial charge in [-0.05, 0) is 37.1 Å². The third-order valence-corrected chi connectivity index (χ3v) is 3.64. The zero-order valence-corrected chi connectivity index (χ0v) is 11.7. The number of ether oxygens (including phenoxy) is 1. The van der Waals surface area contributed by atoms with Crippen molar-refractivity contribution < 1.29 is 9.84 Å². The van der Waals surface area contributed by atoms with Gasteiger partial charge in [-0.1, -0.05) is 23.2 Å². The third-order valence-electron chi connectivity index (χ3n) is 3.13. The number of phenolic OH excluding ortho intramolecular Hbond substituents is 1. The van der Waals surface area contributed by atoms with Gasteiger partial charge in [-0.25, -0.2) is 0 Å². The van der Waals surface area contributed by atoms with Crippen molar-refractivity contribution in [1.82, 2.24) is 4.90 Å². The van der Waals surface area contributed by atoms with Crippen LogP contribution in [0.4, 0.5) is 0 Å². The molecule has 0 aliphatic carbocycles. The predicted octanol–water partition coefficient (Wildman–Crippen LogP) is 2.96. The Morgan fingerprint density at radius 1 is 1.22 bits per heavy atom. The molecule has 18 heavy (non-hydrogen) atoms. The largest absolute Gasteiger partial charge is 0.506 e. The average molecular weight is 290 g/mol. The fourth-order valence-electron chi connectivity index (χ4n) is 2.13. The monoisotopic (exact) mass is 289 g/mol. The molecule has 1 aromatic carbocycles. The van der Waals surface area contributed by atoms with Crippen LogP contribution in [-0.2, 0) is 11.2 Å². The fourth-order valence-corrected chi connectivity index (χ4v) is 2.66. The van der Waals surface area contributed by atoms with E-state index < -0.39 is 0 Å². The van der Waals surface area contributed by atoms with E-state index in [-0.39, 0.29) is 5.75 Å². The molecule has 3 nitrogen and oxygen atoms in total. The Bertz CT molecular complexity index is 406. The SMILES string of the molecule is Oc1c(Cl)cc(Cl)cc1CCCN1CCOCC1. The highest BCUT2D eigenvalue weighted by Gasteiger charge is 2.11. The van der Waals surface area contributed by atoms with E-state index in [9.17, 15) is 5.11 Å². The summed E-state index contributed by atoms with van der Waals surface area (Å²) >= 11 is 11.8. The fraction of sp³-hybridized carbons (Fsp3) is 0.538. The maximum Gasteiger partial charge on any atom is 0.137 e. The van der Waals surface area contributed by atoms with Gasteiger partial charge in [-0.3, -0.25) is 4.90 Å². The Morgan fingerprint density at radius 3 is 2.67 bits per heavy atom. The summed E-state index contributed by atoms with van der Waals surface area (Å²) in [4.78, 5) is 2.37. The summed E-state index contributed by atoms with van der Waals surface area (Å²) in [7, 11) is 0. The van der Waals surface area contributed by atoms with E-state index in [1.54, 1.807) is 12.1 Å². The van der Waals surface area contributed by atoms with Crippen LogP contribution in [0.2, 0.25) is 10.0 Å². The van der Waals surface area contributed by atoms with Crippen molar-refractivity contribution in [3.8, 4) is 5.75 Å². The van der Waals surface area contributed by atoms with Gasteiger partial charge >= 0.3 is 0 Å². The molecule has 5 heteroatoms. The zero-order chi connectivity index (χ0) is 13.0. The molecule has 0 unspecified atom stereocenters. The Labute approximate surface area is 117 Å². The smallest absolute Gasteiger partial charge is 0.137 e. The third kappa shape index (κ3) is 3.75. The number of hydrogen-bond acceptors (Lipinski definition) is 3. The molecular weight excluding hydrogens is 273 g/mol. The van der Waals surface area contributed by atoms with Crippen LogP contribution in [0.5, 0.6) is 5.75 Å². The number of aromatic hydroxyl groups is 1. The number of phenols is 1. The van der Waals surface area contributed by atoms with Crippen LogP contribution in [0.1, 0.15) is 12.0 Å². The molecule has 1 saturated heterocycles. The van der Waals surface area contributed by atoms with Gasteiger partial charge in [0.2, 0.25) is 0 Å². The molecule has 0 saturated carbocycles. The first-order valence-electron chi connectivity index (χ1n) is 6.14. The molecule has 0 aromatic heterocycles. The van der Waals surface area contributed by atoms with E-state index in [0.717, 1.165) is 51.3 Å². The number of benzene rings is 1. The first kappa shape index (κ1) is 13.9. The van der Waals surface area contributed by atoms with Gasteiger partial charge in [0.15, 0.2) is 0 Å². The Balaban J connectivity index is 1.86. The molecule has 2 rings (SSSR count). The van der Waals surface area contributed by atoms with Gasteiger partial charge in [0, 0.05) is 18.1 Å². The molecule has 0 radical (unpaired) electrons. The molecule has 1 N–H and O–H groups in total. The standard InChI is InChI=1S/C13H17Cl2NO2/c14-11-8-10(13(17)12(15)9-11)2-1-3-16-4-6-18-7-5-16/h8-9,17H,1-7H2. The molecule has 0 amide bonds. The van der Waals surface area contributed by atoms with Gasteiger partial charge in [0.25, 0.3) is 0 Å². The zero-order valence-electron chi connectivity index (χ0n) is 10.2. The molecular formula is C13H17Cl2NO2. The van der Waals surface area contributed by atoms with Crippen LogP contribution in [0, 0.1) is 0 Å². The van der Waals surface area contributed by atoms with Crippen molar-refractivity contribution in [1.29, 1.82) is 0 Å². The normalized spacial score (nSPS) is 17.0. The summed E-state index contributed by atoms with van der Waals surface area (Å²) in [5.41, 5.74) is 0.820. The van der Waals surface area contributed by atoms with Gasteiger partial charge in [-0.2, -0.15) is 0 Å². The first-order chi connectivity index (χ1) is 8.66. The minimum atomic E-state index is 0.156. The second-order valence-corrected chi connectivity index (χ2v) is 5.30. The van der Waals surface area contributed by atoms with Crippen molar-refractivity contribution in [2.75, 3.05) is 32.8 Å². The van der Waals surface area contributed by atoms with Gasteiger partial charge in [-0.15, -0.1) is 0 Å². The second kappa shape index (κ2) is 6.62.